The summed E-state index contributed by atoms with van der Waals surface area (Å²) in [5, 5.41) is 21.7. The molecular weight excluding hydrogens is 320 g/mol. The van der Waals surface area contributed by atoms with Crippen LogP contribution in [0.3, 0.4) is 0 Å². The zero-order chi connectivity index (χ0) is 19.6. The molecule has 140 valence electrons. The number of benzene rings is 2. The van der Waals surface area contributed by atoms with Crippen LogP contribution in [0.2, 0.25) is 0 Å². The van der Waals surface area contributed by atoms with Crippen molar-refractivity contribution in [2.24, 2.45) is 5.92 Å². The number of phenolic OH excluding ortho intramolecular Hbond substituents is 2. The summed E-state index contributed by atoms with van der Waals surface area (Å²) in [5.74, 6) is 0.848. The summed E-state index contributed by atoms with van der Waals surface area (Å²) < 4.78 is 0. The second kappa shape index (κ2) is 7.99. The van der Waals surface area contributed by atoms with Gasteiger partial charge >= 0.3 is 0 Å². The summed E-state index contributed by atoms with van der Waals surface area (Å²) in [6.45, 7) is 14.4. The molecule has 0 saturated carbocycles. The van der Waals surface area contributed by atoms with Crippen molar-refractivity contribution in [1.29, 1.82) is 0 Å². The third kappa shape index (κ3) is 4.12. The van der Waals surface area contributed by atoms with E-state index in [1.165, 1.54) is 5.57 Å². The minimum absolute atomic E-state index is 0.0675. The maximum atomic E-state index is 10.8. The highest BCUT2D eigenvalue weighted by Crippen LogP contribution is 2.45. The van der Waals surface area contributed by atoms with Crippen LogP contribution in [-0.4, -0.2) is 10.2 Å². The zero-order valence-corrected chi connectivity index (χ0v) is 17.1. The average Bonchev–Trinajstić information content (AvgIpc) is 2.56. The van der Waals surface area contributed by atoms with Gasteiger partial charge in [0, 0.05) is 17.0 Å². The van der Waals surface area contributed by atoms with Gasteiger partial charge in [0.05, 0.1) is 0 Å². The Bertz CT molecular complexity index is 773. The molecule has 1 atom stereocenters. The van der Waals surface area contributed by atoms with Crippen LogP contribution in [0.25, 0.3) is 0 Å². The fraction of sp³-hybridized carbons (Fsp3) is 0.417. The summed E-state index contributed by atoms with van der Waals surface area (Å²) >= 11 is 0. The number of allylic oxidation sites excluding steroid dienone is 2. The van der Waals surface area contributed by atoms with Crippen molar-refractivity contribution in [2.75, 3.05) is 0 Å². The van der Waals surface area contributed by atoms with Gasteiger partial charge in [0.2, 0.25) is 0 Å². The molecule has 2 aromatic rings. The summed E-state index contributed by atoms with van der Waals surface area (Å²) in [7, 11) is 0. The molecule has 2 N–H and O–H groups in total. The minimum atomic E-state index is -0.0675. The fourth-order valence-corrected chi connectivity index (χ4v) is 3.98. The average molecular weight is 353 g/mol. The normalized spacial score (nSPS) is 13.3. The van der Waals surface area contributed by atoms with Gasteiger partial charge in [-0.05, 0) is 65.0 Å². The maximum Gasteiger partial charge on any atom is 0.122 e. The first-order chi connectivity index (χ1) is 12.1. The lowest BCUT2D eigenvalue weighted by Gasteiger charge is -2.28. The summed E-state index contributed by atoms with van der Waals surface area (Å²) in [5.41, 5.74) is 7.12. The number of hydrogen-bond donors (Lipinski definition) is 2. The number of phenols is 2. The third-order valence-corrected chi connectivity index (χ3v) is 5.32. The van der Waals surface area contributed by atoms with E-state index in [4.69, 9.17) is 0 Å². The SMILES string of the molecule is CC=C(C)CC(C)C(c1cc(C)cc(C)c1O)c1cc(C)cc(C)c1O. The molecule has 0 amide bonds. The van der Waals surface area contributed by atoms with Crippen LogP contribution >= 0.6 is 0 Å². The molecular formula is C24H32O2. The van der Waals surface area contributed by atoms with E-state index >= 15 is 0 Å². The van der Waals surface area contributed by atoms with Crippen molar-refractivity contribution >= 4 is 0 Å². The molecule has 0 aliphatic heterocycles. The lowest BCUT2D eigenvalue weighted by molar-refractivity contribution is 0.420. The first-order valence-electron chi connectivity index (χ1n) is 9.37. The van der Waals surface area contributed by atoms with E-state index in [2.05, 4.69) is 52.8 Å². The predicted molar refractivity (Wildman–Crippen MR) is 110 cm³/mol. The molecule has 2 nitrogen and oxygen atoms in total. The van der Waals surface area contributed by atoms with Crippen molar-refractivity contribution in [3.05, 3.63) is 69.3 Å². The topological polar surface area (TPSA) is 40.5 Å². The van der Waals surface area contributed by atoms with Crippen molar-refractivity contribution in [3.8, 4) is 11.5 Å². The van der Waals surface area contributed by atoms with Crippen LogP contribution in [0.5, 0.6) is 11.5 Å². The van der Waals surface area contributed by atoms with Gasteiger partial charge in [0.25, 0.3) is 0 Å². The molecule has 0 aliphatic carbocycles. The van der Waals surface area contributed by atoms with Crippen molar-refractivity contribution in [1.82, 2.24) is 0 Å². The van der Waals surface area contributed by atoms with Crippen molar-refractivity contribution < 1.29 is 10.2 Å². The second-order valence-electron chi connectivity index (χ2n) is 7.83. The lowest BCUT2D eigenvalue weighted by Crippen LogP contribution is -2.14. The van der Waals surface area contributed by atoms with Gasteiger partial charge in [-0.1, -0.05) is 54.0 Å². The summed E-state index contributed by atoms with van der Waals surface area (Å²) in [6, 6.07) is 8.12. The van der Waals surface area contributed by atoms with Gasteiger partial charge in [-0.3, -0.25) is 0 Å². The van der Waals surface area contributed by atoms with E-state index < -0.39 is 0 Å². The molecule has 0 heterocycles. The van der Waals surface area contributed by atoms with Gasteiger partial charge in [-0.15, -0.1) is 0 Å². The highest BCUT2D eigenvalue weighted by atomic mass is 16.3. The van der Waals surface area contributed by atoms with Gasteiger partial charge in [0.1, 0.15) is 11.5 Å². The number of hydrogen-bond acceptors (Lipinski definition) is 2. The van der Waals surface area contributed by atoms with Gasteiger partial charge < -0.3 is 10.2 Å². The molecule has 2 aromatic carbocycles. The molecule has 2 rings (SSSR count). The number of aromatic hydroxyl groups is 2. The van der Waals surface area contributed by atoms with Crippen LogP contribution < -0.4 is 0 Å². The van der Waals surface area contributed by atoms with E-state index in [-0.39, 0.29) is 11.8 Å². The molecule has 1 unspecified atom stereocenters. The van der Waals surface area contributed by atoms with Gasteiger partial charge in [-0.25, -0.2) is 0 Å². The Morgan fingerprint density at radius 2 is 1.31 bits per heavy atom. The maximum absolute atomic E-state index is 10.8. The Morgan fingerprint density at radius 3 is 1.69 bits per heavy atom. The van der Waals surface area contributed by atoms with Gasteiger partial charge in [0.15, 0.2) is 0 Å². The minimum Gasteiger partial charge on any atom is -0.507 e. The Balaban J connectivity index is 2.72. The van der Waals surface area contributed by atoms with Crippen LogP contribution in [0.1, 0.15) is 66.5 Å². The highest BCUT2D eigenvalue weighted by molar-refractivity contribution is 5.53. The second-order valence-corrected chi connectivity index (χ2v) is 7.83. The Kier molecular flexibility index (Phi) is 6.17. The molecule has 0 bridgehead atoms. The fourth-order valence-electron chi connectivity index (χ4n) is 3.98. The Morgan fingerprint density at radius 1 is 0.885 bits per heavy atom. The van der Waals surface area contributed by atoms with Crippen LogP contribution in [0.4, 0.5) is 0 Å². The molecule has 26 heavy (non-hydrogen) atoms. The summed E-state index contributed by atoms with van der Waals surface area (Å²) in [6.07, 6.45) is 3.05. The van der Waals surface area contributed by atoms with Crippen molar-refractivity contribution in [3.63, 3.8) is 0 Å². The van der Waals surface area contributed by atoms with Gasteiger partial charge in [-0.2, -0.15) is 0 Å². The summed E-state index contributed by atoms with van der Waals surface area (Å²) in [4.78, 5) is 0. The zero-order valence-electron chi connectivity index (χ0n) is 17.1. The molecule has 0 aliphatic rings. The monoisotopic (exact) mass is 352 g/mol. The quantitative estimate of drug-likeness (QED) is 0.607. The molecule has 0 saturated heterocycles. The molecule has 0 spiro atoms. The first kappa shape index (κ1) is 20.1. The highest BCUT2D eigenvalue weighted by Gasteiger charge is 2.28. The smallest absolute Gasteiger partial charge is 0.122 e. The lowest BCUT2D eigenvalue weighted by atomic mass is 9.76. The van der Waals surface area contributed by atoms with E-state index in [1.807, 2.05) is 26.0 Å². The van der Waals surface area contributed by atoms with Crippen LogP contribution in [0, 0.1) is 33.6 Å². The predicted octanol–water partition coefficient (Wildman–Crippen LogP) is 6.46. The largest absolute Gasteiger partial charge is 0.507 e. The van der Waals surface area contributed by atoms with E-state index in [1.54, 1.807) is 0 Å². The molecule has 2 heteroatoms. The number of aryl methyl sites for hydroxylation is 4. The Labute approximate surface area is 158 Å². The van der Waals surface area contributed by atoms with E-state index in [9.17, 15) is 10.2 Å². The Hall–Kier alpha value is -2.22. The third-order valence-electron chi connectivity index (χ3n) is 5.32. The molecule has 0 fully saturated rings. The van der Waals surface area contributed by atoms with Crippen LogP contribution in [0.15, 0.2) is 35.9 Å². The van der Waals surface area contributed by atoms with E-state index in [0.717, 1.165) is 39.8 Å². The van der Waals surface area contributed by atoms with Crippen molar-refractivity contribution in [2.45, 2.75) is 60.8 Å². The molecule has 0 aromatic heterocycles. The number of rotatable bonds is 5. The first-order valence-corrected chi connectivity index (χ1v) is 9.37. The van der Waals surface area contributed by atoms with Crippen LogP contribution in [-0.2, 0) is 0 Å². The molecule has 0 radical (unpaired) electrons. The van der Waals surface area contributed by atoms with E-state index in [0.29, 0.717) is 11.5 Å². The standard InChI is InChI=1S/C24H32O2/c1-8-14(2)9-17(5)22(20-12-15(3)10-18(6)23(20)25)21-13-16(4)11-19(7)24(21)26/h8,10-13,17,22,25-26H,9H2,1-7H3.